The van der Waals surface area contributed by atoms with Gasteiger partial charge in [-0.2, -0.15) is 0 Å². The number of nitrogens with two attached hydrogens (primary N) is 1. The maximum absolute atomic E-state index is 6.12. The quantitative estimate of drug-likeness (QED) is 0.345. The molecule has 4 rings (SSSR count). The van der Waals surface area contributed by atoms with Crippen LogP contribution >= 0.6 is 11.8 Å². The zero-order chi connectivity index (χ0) is 22.7. The first-order valence-corrected chi connectivity index (χ1v) is 11.3. The minimum absolute atomic E-state index is 0.216. The highest BCUT2D eigenvalue weighted by molar-refractivity contribution is 7.99. The van der Waals surface area contributed by atoms with Gasteiger partial charge in [-0.3, -0.25) is 0 Å². The number of benzene rings is 1. The standard InChI is InChI=1S/C23H29N7OS/c1-23(2,3)13-26-9-10-30-21-19(20(24)27-14-28-21)29-22(30)32-18-11-16(31-4)5-6-17(18)15-7-8-25-12-15/h5-8,11-12,14,25-26H,9-10,13H2,1-4H3,(H2,24,27,28). The predicted octanol–water partition coefficient (Wildman–Crippen LogP) is 4.20. The van der Waals surface area contributed by atoms with Crippen molar-refractivity contribution in [2.75, 3.05) is 25.9 Å². The fourth-order valence-corrected chi connectivity index (χ4v) is 4.50. The molecule has 0 saturated carbocycles. The Labute approximate surface area is 192 Å². The lowest BCUT2D eigenvalue weighted by Crippen LogP contribution is -2.29. The maximum Gasteiger partial charge on any atom is 0.175 e. The summed E-state index contributed by atoms with van der Waals surface area (Å²) >= 11 is 1.57. The van der Waals surface area contributed by atoms with Crippen LogP contribution in [0.5, 0.6) is 5.75 Å². The summed E-state index contributed by atoms with van der Waals surface area (Å²) < 4.78 is 7.59. The van der Waals surface area contributed by atoms with E-state index >= 15 is 0 Å². The van der Waals surface area contributed by atoms with Crippen molar-refractivity contribution in [3.8, 4) is 16.9 Å². The normalized spacial score (nSPS) is 11.9. The molecule has 0 saturated heterocycles. The topological polar surface area (TPSA) is 107 Å². The summed E-state index contributed by atoms with van der Waals surface area (Å²) in [6.45, 7) is 9.08. The van der Waals surface area contributed by atoms with E-state index in [-0.39, 0.29) is 5.41 Å². The van der Waals surface area contributed by atoms with Gasteiger partial charge in [0.1, 0.15) is 12.1 Å². The van der Waals surface area contributed by atoms with Crippen LogP contribution in [0.3, 0.4) is 0 Å². The fourth-order valence-electron chi connectivity index (χ4n) is 3.41. The summed E-state index contributed by atoms with van der Waals surface area (Å²) in [7, 11) is 1.67. The summed E-state index contributed by atoms with van der Waals surface area (Å²) in [4.78, 5) is 17.6. The first-order chi connectivity index (χ1) is 15.4. The second-order valence-electron chi connectivity index (χ2n) is 8.78. The van der Waals surface area contributed by atoms with Gasteiger partial charge in [-0.25, -0.2) is 15.0 Å². The van der Waals surface area contributed by atoms with Crippen LogP contribution in [0.1, 0.15) is 20.8 Å². The van der Waals surface area contributed by atoms with E-state index in [2.05, 4.69) is 57.7 Å². The van der Waals surface area contributed by atoms with Gasteiger partial charge in [0.05, 0.1) is 7.11 Å². The second kappa shape index (κ2) is 9.22. The molecule has 9 heteroatoms. The highest BCUT2D eigenvalue weighted by Gasteiger charge is 2.18. The number of imidazole rings is 1. The van der Waals surface area contributed by atoms with Crippen LogP contribution in [0.2, 0.25) is 0 Å². The van der Waals surface area contributed by atoms with E-state index in [0.717, 1.165) is 52.2 Å². The zero-order valence-electron chi connectivity index (χ0n) is 18.8. The van der Waals surface area contributed by atoms with E-state index in [1.165, 1.54) is 6.33 Å². The van der Waals surface area contributed by atoms with Gasteiger partial charge in [-0.1, -0.05) is 32.5 Å². The fraction of sp³-hybridized carbons (Fsp3) is 0.348. The molecule has 8 nitrogen and oxygen atoms in total. The van der Waals surface area contributed by atoms with Crippen molar-refractivity contribution in [2.45, 2.75) is 37.4 Å². The molecule has 3 aromatic heterocycles. The van der Waals surface area contributed by atoms with Crippen molar-refractivity contribution in [3.63, 3.8) is 0 Å². The number of nitrogens with zero attached hydrogens (tertiary/aromatic N) is 4. The molecular formula is C23H29N7OS. The molecule has 0 atom stereocenters. The first-order valence-electron chi connectivity index (χ1n) is 10.5. The minimum atomic E-state index is 0.216. The number of H-pyrrole nitrogens is 1. The monoisotopic (exact) mass is 451 g/mol. The molecule has 0 unspecified atom stereocenters. The third-order valence-corrected chi connectivity index (χ3v) is 6.04. The van der Waals surface area contributed by atoms with Gasteiger partial charge in [0.25, 0.3) is 0 Å². The second-order valence-corrected chi connectivity index (χ2v) is 9.79. The SMILES string of the molecule is COc1ccc(-c2cc[nH]c2)c(Sc2nc3c(N)ncnc3n2CCNCC(C)(C)C)c1. The molecule has 0 aliphatic heterocycles. The largest absolute Gasteiger partial charge is 0.497 e. The molecule has 4 N–H and O–H groups in total. The van der Waals surface area contributed by atoms with Gasteiger partial charge >= 0.3 is 0 Å². The van der Waals surface area contributed by atoms with Crippen LogP contribution in [-0.4, -0.2) is 44.7 Å². The number of nitrogen functional groups attached to an aromatic ring is 1. The Morgan fingerprint density at radius 3 is 2.78 bits per heavy atom. The number of hydrogen-bond donors (Lipinski definition) is 3. The average molecular weight is 452 g/mol. The summed E-state index contributed by atoms with van der Waals surface area (Å²) in [5.41, 5.74) is 9.90. The summed E-state index contributed by atoms with van der Waals surface area (Å²) in [5.74, 6) is 1.18. The van der Waals surface area contributed by atoms with Crippen LogP contribution in [0.15, 0.2) is 53.0 Å². The lowest BCUT2D eigenvalue weighted by atomic mass is 9.97. The van der Waals surface area contributed by atoms with Crippen LogP contribution in [0, 0.1) is 5.41 Å². The minimum Gasteiger partial charge on any atom is -0.497 e. The highest BCUT2D eigenvalue weighted by Crippen LogP contribution is 2.39. The Kier molecular flexibility index (Phi) is 6.38. The number of hydrogen-bond acceptors (Lipinski definition) is 7. The number of methoxy groups -OCH3 is 1. The van der Waals surface area contributed by atoms with Crippen LogP contribution in [-0.2, 0) is 6.54 Å². The van der Waals surface area contributed by atoms with Gasteiger partial charge in [0.2, 0.25) is 0 Å². The molecule has 4 aromatic rings. The molecular weight excluding hydrogens is 422 g/mol. The Bertz CT molecular complexity index is 1200. The molecule has 3 heterocycles. The number of nitrogens with one attached hydrogen (secondary N) is 2. The number of aromatic nitrogens is 5. The molecule has 1 aromatic carbocycles. The number of fused-ring (bicyclic) bond motifs is 1. The van der Waals surface area contributed by atoms with Crippen LogP contribution in [0.25, 0.3) is 22.3 Å². The third-order valence-electron chi connectivity index (χ3n) is 4.99. The van der Waals surface area contributed by atoms with Gasteiger partial charge in [0, 0.05) is 42.5 Å². The Hall–Kier alpha value is -3.04. The van der Waals surface area contributed by atoms with E-state index < -0.39 is 0 Å². The predicted molar refractivity (Wildman–Crippen MR) is 129 cm³/mol. The van der Waals surface area contributed by atoms with Crippen LogP contribution in [0.4, 0.5) is 5.82 Å². The zero-order valence-corrected chi connectivity index (χ0v) is 19.7. The molecule has 0 radical (unpaired) electrons. The molecule has 0 aliphatic rings. The highest BCUT2D eigenvalue weighted by atomic mass is 32.2. The lowest BCUT2D eigenvalue weighted by molar-refractivity contribution is 0.375. The molecule has 0 fully saturated rings. The lowest BCUT2D eigenvalue weighted by Gasteiger charge is -2.19. The molecule has 0 amide bonds. The summed E-state index contributed by atoms with van der Waals surface area (Å²) in [6.07, 6.45) is 5.39. The van der Waals surface area contributed by atoms with Gasteiger partial charge in [-0.15, -0.1) is 0 Å². The number of aromatic amines is 1. The Balaban J connectivity index is 1.71. The van der Waals surface area contributed by atoms with E-state index in [9.17, 15) is 0 Å². The van der Waals surface area contributed by atoms with Gasteiger partial charge in [-0.05, 0) is 35.2 Å². The van der Waals surface area contributed by atoms with Crippen molar-refractivity contribution in [1.29, 1.82) is 0 Å². The summed E-state index contributed by atoms with van der Waals surface area (Å²) in [5, 5.41) is 4.34. The van der Waals surface area contributed by atoms with Crippen molar-refractivity contribution < 1.29 is 4.74 Å². The van der Waals surface area contributed by atoms with Crippen molar-refractivity contribution in [1.82, 2.24) is 29.8 Å². The molecule has 168 valence electrons. The van der Waals surface area contributed by atoms with E-state index in [1.807, 2.05) is 24.5 Å². The van der Waals surface area contributed by atoms with E-state index in [1.54, 1.807) is 18.9 Å². The van der Waals surface area contributed by atoms with Crippen molar-refractivity contribution in [3.05, 3.63) is 43.0 Å². The third kappa shape index (κ3) is 4.89. The van der Waals surface area contributed by atoms with Gasteiger partial charge < -0.3 is 25.3 Å². The first kappa shape index (κ1) is 22.2. The number of ether oxygens (including phenoxy) is 1. The maximum atomic E-state index is 6.12. The molecule has 0 aliphatic carbocycles. The molecule has 0 bridgehead atoms. The van der Waals surface area contributed by atoms with Crippen molar-refractivity contribution >= 4 is 28.7 Å². The smallest absolute Gasteiger partial charge is 0.175 e. The van der Waals surface area contributed by atoms with Gasteiger partial charge in [0.15, 0.2) is 22.1 Å². The Morgan fingerprint density at radius 1 is 1.22 bits per heavy atom. The molecule has 0 spiro atoms. The van der Waals surface area contributed by atoms with E-state index in [4.69, 9.17) is 15.5 Å². The molecule has 32 heavy (non-hydrogen) atoms. The van der Waals surface area contributed by atoms with Crippen molar-refractivity contribution in [2.24, 2.45) is 5.41 Å². The number of anilines is 1. The average Bonchev–Trinajstić information content (AvgIpc) is 3.40. The Morgan fingerprint density at radius 2 is 2.06 bits per heavy atom. The van der Waals surface area contributed by atoms with E-state index in [0.29, 0.717) is 11.3 Å². The number of rotatable bonds is 8. The summed E-state index contributed by atoms with van der Waals surface area (Å²) in [6, 6.07) is 8.12. The van der Waals surface area contributed by atoms with Crippen LogP contribution < -0.4 is 15.8 Å².